The fraction of sp³-hybridized carbons (Fsp3) is 0.500. The number of nitrogens with zero attached hydrogens (tertiary/aromatic N) is 5. The number of anilines is 1. The van der Waals surface area contributed by atoms with Crippen LogP contribution in [0.4, 0.5) is 5.69 Å². The predicted molar refractivity (Wildman–Crippen MR) is 88.3 cm³/mol. The largest absolute Gasteiger partial charge is 0.338 e. The molecule has 0 unspecified atom stereocenters. The second-order valence-electron chi connectivity index (χ2n) is 5.96. The number of piperazine rings is 1. The molecule has 8 nitrogen and oxygen atoms in total. The number of aryl methyl sites for hydroxylation is 1. The summed E-state index contributed by atoms with van der Waals surface area (Å²) >= 11 is 0. The van der Waals surface area contributed by atoms with Gasteiger partial charge >= 0.3 is 0 Å². The van der Waals surface area contributed by atoms with Crippen LogP contribution in [0.2, 0.25) is 0 Å². The number of pyridine rings is 1. The van der Waals surface area contributed by atoms with Crippen LogP contribution in [-0.2, 0) is 4.79 Å². The molecule has 3 rings (SSSR count). The summed E-state index contributed by atoms with van der Waals surface area (Å²) in [6.07, 6.45) is 3.32. The number of nitrogens with one attached hydrogen (secondary N) is 1. The van der Waals surface area contributed by atoms with Crippen molar-refractivity contribution in [2.24, 2.45) is 0 Å². The maximum Gasteiger partial charge on any atom is 0.243 e. The van der Waals surface area contributed by atoms with E-state index in [-0.39, 0.29) is 11.9 Å². The van der Waals surface area contributed by atoms with E-state index in [2.05, 4.69) is 37.2 Å². The zero-order chi connectivity index (χ0) is 16.9. The third kappa shape index (κ3) is 4.15. The van der Waals surface area contributed by atoms with Gasteiger partial charge in [0.05, 0.1) is 24.5 Å². The monoisotopic (exact) mass is 330 g/mol. The van der Waals surface area contributed by atoms with E-state index in [1.165, 1.54) is 0 Å². The molecule has 1 saturated heterocycles. The van der Waals surface area contributed by atoms with Gasteiger partial charge in [0, 0.05) is 32.4 Å². The molecule has 0 radical (unpaired) electrons. The quantitative estimate of drug-likeness (QED) is 0.878. The van der Waals surface area contributed by atoms with Crippen LogP contribution in [0.1, 0.15) is 24.7 Å². The van der Waals surface area contributed by atoms with Gasteiger partial charge in [-0.3, -0.25) is 19.6 Å². The molecule has 0 bridgehead atoms. The van der Waals surface area contributed by atoms with E-state index in [0.717, 1.165) is 31.9 Å². The van der Waals surface area contributed by atoms with Crippen molar-refractivity contribution in [3.63, 3.8) is 0 Å². The van der Waals surface area contributed by atoms with Crippen LogP contribution in [-0.4, -0.2) is 63.6 Å². The molecule has 1 aliphatic heterocycles. The minimum absolute atomic E-state index is 0.0166. The number of hydrogen-bond acceptors (Lipinski definition) is 7. The standard InChI is InChI=1S/C16H22N6O2/c1-12(16-18-13(2)20-24-16)22-8-6-21(7-9-22)11-15(23)19-14-4-3-5-17-10-14/h3-5,10,12H,6-9,11H2,1-2H3,(H,19,23)/t12-/m0/s1. The van der Waals surface area contributed by atoms with E-state index < -0.39 is 0 Å². The van der Waals surface area contributed by atoms with E-state index in [1.807, 2.05) is 13.0 Å². The fourth-order valence-electron chi connectivity index (χ4n) is 2.79. The highest BCUT2D eigenvalue weighted by molar-refractivity contribution is 5.92. The summed E-state index contributed by atoms with van der Waals surface area (Å²) in [5, 5.41) is 6.71. The molecular weight excluding hydrogens is 308 g/mol. The van der Waals surface area contributed by atoms with Crippen molar-refractivity contribution in [3.05, 3.63) is 36.2 Å². The summed E-state index contributed by atoms with van der Waals surface area (Å²) in [7, 11) is 0. The lowest BCUT2D eigenvalue weighted by molar-refractivity contribution is -0.117. The van der Waals surface area contributed by atoms with E-state index in [9.17, 15) is 4.79 Å². The normalized spacial score (nSPS) is 17.6. The minimum atomic E-state index is -0.0166. The second kappa shape index (κ2) is 7.50. The number of carbonyl (C=O) groups is 1. The van der Waals surface area contributed by atoms with Gasteiger partial charge < -0.3 is 9.84 Å². The molecular formula is C16H22N6O2. The first-order chi connectivity index (χ1) is 11.6. The molecule has 2 aromatic rings. The van der Waals surface area contributed by atoms with Crippen molar-refractivity contribution in [2.75, 3.05) is 38.0 Å². The maximum atomic E-state index is 12.1. The molecule has 128 valence electrons. The number of rotatable bonds is 5. The lowest BCUT2D eigenvalue weighted by atomic mass is 10.2. The smallest absolute Gasteiger partial charge is 0.243 e. The first-order valence-corrected chi connectivity index (χ1v) is 8.08. The Morgan fingerprint density at radius 2 is 2.17 bits per heavy atom. The van der Waals surface area contributed by atoms with E-state index in [0.29, 0.717) is 18.3 Å². The molecule has 0 spiro atoms. The van der Waals surface area contributed by atoms with Crippen LogP contribution >= 0.6 is 0 Å². The molecule has 0 saturated carbocycles. The molecule has 3 heterocycles. The van der Waals surface area contributed by atoms with Gasteiger partial charge in [-0.1, -0.05) is 5.16 Å². The molecule has 0 aromatic carbocycles. The number of aromatic nitrogens is 3. The van der Waals surface area contributed by atoms with Gasteiger partial charge in [-0.25, -0.2) is 0 Å². The SMILES string of the molecule is Cc1noc([C@H](C)N2CCN(CC(=O)Nc3cccnc3)CC2)n1. The minimum Gasteiger partial charge on any atom is -0.338 e. The van der Waals surface area contributed by atoms with Crippen molar-refractivity contribution < 1.29 is 9.32 Å². The van der Waals surface area contributed by atoms with Crippen LogP contribution in [0.25, 0.3) is 0 Å². The lowest BCUT2D eigenvalue weighted by Gasteiger charge is -2.36. The van der Waals surface area contributed by atoms with Crippen molar-refractivity contribution in [2.45, 2.75) is 19.9 Å². The number of amides is 1. The molecule has 1 amide bonds. The fourth-order valence-corrected chi connectivity index (χ4v) is 2.79. The highest BCUT2D eigenvalue weighted by atomic mass is 16.5. The summed E-state index contributed by atoms with van der Waals surface area (Å²) in [6.45, 7) is 7.66. The zero-order valence-corrected chi connectivity index (χ0v) is 14.0. The average Bonchev–Trinajstić information content (AvgIpc) is 3.02. The summed E-state index contributed by atoms with van der Waals surface area (Å²) in [6, 6.07) is 3.73. The van der Waals surface area contributed by atoms with Gasteiger partial charge in [0.2, 0.25) is 11.8 Å². The summed E-state index contributed by atoms with van der Waals surface area (Å²) in [5.74, 6) is 1.29. The van der Waals surface area contributed by atoms with Crippen molar-refractivity contribution >= 4 is 11.6 Å². The van der Waals surface area contributed by atoms with Gasteiger partial charge in [0.1, 0.15) is 0 Å². The Hall–Kier alpha value is -2.32. The molecule has 1 atom stereocenters. The highest BCUT2D eigenvalue weighted by Gasteiger charge is 2.26. The van der Waals surface area contributed by atoms with E-state index in [1.54, 1.807) is 18.5 Å². The maximum absolute atomic E-state index is 12.1. The van der Waals surface area contributed by atoms with Crippen LogP contribution in [0.5, 0.6) is 0 Å². The Kier molecular flexibility index (Phi) is 5.17. The Morgan fingerprint density at radius 1 is 1.38 bits per heavy atom. The number of carbonyl (C=O) groups excluding carboxylic acids is 1. The topological polar surface area (TPSA) is 87.4 Å². The molecule has 1 aliphatic rings. The molecule has 2 aromatic heterocycles. The first-order valence-electron chi connectivity index (χ1n) is 8.08. The number of hydrogen-bond donors (Lipinski definition) is 1. The van der Waals surface area contributed by atoms with Crippen LogP contribution in [0, 0.1) is 6.92 Å². The summed E-state index contributed by atoms with van der Waals surface area (Å²) in [5.41, 5.74) is 0.724. The third-order valence-corrected chi connectivity index (χ3v) is 4.17. The second-order valence-corrected chi connectivity index (χ2v) is 5.96. The molecule has 1 fully saturated rings. The van der Waals surface area contributed by atoms with Crippen molar-refractivity contribution in [1.82, 2.24) is 24.9 Å². The van der Waals surface area contributed by atoms with Crippen LogP contribution < -0.4 is 5.32 Å². The van der Waals surface area contributed by atoms with Crippen LogP contribution in [0.15, 0.2) is 29.0 Å². The highest BCUT2D eigenvalue weighted by Crippen LogP contribution is 2.19. The van der Waals surface area contributed by atoms with Gasteiger partial charge in [-0.15, -0.1) is 0 Å². The van der Waals surface area contributed by atoms with Crippen molar-refractivity contribution in [3.8, 4) is 0 Å². The molecule has 1 N–H and O–H groups in total. The molecule has 8 heteroatoms. The van der Waals surface area contributed by atoms with Gasteiger partial charge in [0.15, 0.2) is 5.82 Å². The Labute approximate surface area is 140 Å². The van der Waals surface area contributed by atoms with Gasteiger partial charge in [-0.2, -0.15) is 4.98 Å². The Bertz CT molecular complexity index is 666. The molecule has 0 aliphatic carbocycles. The zero-order valence-electron chi connectivity index (χ0n) is 14.0. The van der Waals surface area contributed by atoms with Crippen LogP contribution in [0.3, 0.4) is 0 Å². The van der Waals surface area contributed by atoms with E-state index in [4.69, 9.17) is 4.52 Å². The Balaban J connectivity index is 1.46. The first kappa shape index (κ1) is 16.5. The van der Waals surface area contributed by atoms with Crippen molar-refractivity contribution in [1.29, 1.82) is 0 Å². The van der Waals surface area contributed by atoms with Gasteiger partial charge in [-0.05, 0) is 26.0 Å². The Morgan fingerprint density at radius 3 is 2.79 bits per heavy atom. The third-order valence-electron chi connectivity index (χ3n) is 4.17. The average molecular weight is 330 g/mol. The molecule has 24 heavy (non-hydrogen) atoms. The summed E-state index contributed by atoms with van der Waals surface area (Å²) < 4.78 is 5.25. The van der Waals surface area contributed by atoms with E-state index >= 15 is 0 Å². The summed E-state index contributed by atoms with van der Waals surface area (Å²) in [4.78, 5) is 24.8. The van der Waals surface area contributed by atoms with Gasteiger partial charge in [0.25, 0.3) is 0 Å². The predicted octanol–water partition coefficient (Wildman–Crippen LogP) is 1.09. The lowest BCUT2D eigenvalue weighted by Crippen LogP contribution is -2.49.